The lowest BCUT2D eigenvalue weighted by molar-refractivity contribution is -0.129. The molecular weight excluding hydrogens is 266 g/mol. The maximum absolute atomic E-state index is 12.8. The van der Waals surface area contributed by atoms with Crippen LogP contribution in [0.4, 0.5) is 0 Å². The van der Waals surface area contributed by atoms with Crippen LogP contribution < -0.4 is 0 Å². The van der Waals surface area contributed by atoms with Crippen molar-refractivity contribution in [2.75, 3.05) is 13.1 Å². The van der Waals surface area contributed by atoms with Gasteiger partial charge in [-0.3, -0.25) is 4.79 Å². The van der Waals surface area contributed by atoms with E-state index in [1.54, 1.807) is 0 Å². The summed E-state index contributed by atoms with van der Waals surface area (Å²) in [4.78, 5) is 14.8. The Labute approximate surface area is 124 Å². The normalized spacial score (nSPS) is 24.0. The largest absolute Gasteiger partial charge is 0.385 e. The monoisotopic (exact) mass is 295 g/mol. The molecule has 0 aromatic carbocycles. The topological polar surface area (TPSA) is 40.5 Å². The van der Waals surface area contributed by atoms with Gasteiger partial charge in [0.25, 0.3) is 5.91 Å². The van der Waals surface area contributed by atoms with Crippen molar-refractivity contribution >= 4 is 14.0 Å². The fraction of sp³-hybridized carbons (Fsp3) is 0.812. The van der Waals surface area contributed by atoms with Crippen molar-refractivity contribution < 1.29 is 9.90 Å². The Balaban J connectivity index is 2.29. The van der Waals surface area contributed by atoms with Crippen LogP contribution in [-0.4, -0.2) is 42.7 Å². The second kappa shape index (κ2) is 6.02. The fourth-order valence-corrected chi connectivity index (χ4v) is 4.58. The van der Waals surface area contributed by atoms with E-state index in [0.717, 1.165) is 57.2 Å². The number of rotatable bonds is 3. The minimum atomic E-state index is -1.53. The van der Waals surface area contributed by atoms with Gasteiger partial charge in [-0.2, -0.15) is 0 Å². The van der Waals surface area contributed by atoms with E-state index in [1.807, 2.05) is 4.90 Å². The van der Waals surface area contributed by atoms with E-state index in [-0.39, 0.29) is 5.91 Å². The van der Waals surface area contributed by atoms with E-state index in [1.165, 1.54) is 6.42 Å². The molecule has 20 heavy (non-hydrogen) atoms. The molecule has 1 aliphatic heterocycles. The number of carbonyl (C=O) groups excluding carboxylic acids is 1. The van der Waals surface area contributed by atoms with Gasteiger partial charge in [-0.25, -0.2) is 0 Å². The molecule has 0 aromatic rings. The van der Waals surface area contributed by atoms with Crippen LogP contribution in [0.5, 0.6) is 0 Å². The predicted molar refractivity (Wildman–Crippen MR) is 85.3 cm³/mol. The number of carbonyl (C=O) groups is 1. The summed E-state index contributed by atoms with van der Waals surface area (Å²) < 4.78 is 0. The molecule has 3 nitrogen and oxygen atoms in total. The number of likely N-dealkylation sites (tertiary alicyclic amines) is 1. The van der Waals surface area contributed by atoms with E-state index >= 15 is 0 Å². The molecule has 2 fully saturated rings. The maximum atomic E-state index is 12.8. The highest BCUT2D eigenvalue weighted by Crippen LogP contribution is 2.36. The zero-order valence-electron chi connectivity index (χ0n) is 13.2. The Morgan fingerprint density at radius 3 is 2.10 bits per heavy atom. The number of nitrogens with zero attached hydrogens (tertiary/aromatic N) is 1. The third-order valence-corrected chi connectivity index (χ3v) is 5.54. The van der Waals surface area contributed by atoms with Gasteiger partial charge in [-0.15, -0.1) is 0 Å². The summed E-state index contributed by atoms with van der Waals surface area (Å²) in [6, 6.07) is 0. The van der Waals surface area contributed by atoms with Gasteiger partial charge in [0, 0.05) is 18.7 Å². The Kier molecular flexibility index (Phi) is 4.75. The molecule has 0 bridgehead atoms. The molecule has 0 radical (unpaired) electrons. The molecule has 1 N–H and O–H groups in total. The standard InChI is InChI=1S/C16H29NO2Si/c1-20(2,3)13-14(15(18)17-11-7-8-12-17)16(19)9-5-4-6-10-16/h13,19H,4-12H2,1-3H3/b14-13+. The Morgan fingerprint density at radius 2 is 1.60 bits per heavy atom. The lowest BCUT2D eigenvalue weighted by Gasteiger charge is -2.36. The zero-order valence-corrected chi connectivity index (χ0v) is 14.2. The summed E-state index contributed by atoms with van der Waals surface area (Å²) in [5, 5.41) is 11.0. The molecule has 114 valence electrons. The van der Waals surface area contributed by atoms with Crippen LogP contribution in [0.25, 0.3) is 0 Å². The van der Waals surface area contributed by atoms with Crippen LogP contribution in [0.3, 0.4) is 0 Å². The number of hydrogen-bond acceptors (Lipinski definition) is 2. The first kappa shape index (κ1) is 15.8. The SMILES string of the molecule is C[Si](C)(C)/C=C(\C(=O)N1CCCC1)C1(O)CCCCC1. The number of amides is 1. The summed E-state index contributed by atoms with van der Waals surface area (Å²) >= 11 is 0. The lowest BCUT2D eigenvalue weighted by atomic mass is 9.79. The van der Waals surface area contributed by atoms with Gasteiger partial charge in [-0.1, -0.05) is 44.6 Å². The predicted octanol–water partition coefficient (Wildman–Crippen LogP) is 3.11. The summed E-state index contributed by atoms with van der Waals surface area (Å²) in [5.74, 6) is 0.106. The van der Waals surface area contributed by atoms with Gasteiger partial charge in [0.05, 0.1) is 13.7 Å². The Bertz CT molecular complexity index is 386. The average Bonchev–Trinajstić information content (AvgIpc) is 2.89. The zero-order chi connectivity index (χ0) is 14.8. The van der Waals surface area contributed by atoms with Gasteiger partial charge in [0.1, 0.15) is 0 Å². The second-order valence-corrected chi connectivity index (χ2v) is 12.5. The molecule has 4 heteroatoms. The molecule has 1 saturated carbocycles. The van der Waals surface area contributed by atoms with Crippen LogP contribution in [0.1, 0.15) is 44.9 Å². The molecule has 1 heterocycles. The van der Waals surface area contributed by atoms with Crippen molar-refractivity contribution in [2.24, 2.45) is 0 Å². The third kappa shape index (κ3) is 3.73. The molecule has 0 atom stereocenters. The Hall–Kier alpha value is -0.613. The first-order valence-electron chi connectivity index (χ1n) is 8.07. The highest BCUT2D eigenvalue weighted by molar-refractivity contribution is 6.81. The van der Waals surface area contributed by atoms with Crippen molar-refractivity contribution in [3.8, 4) is 0 Å². The smallest absolute Gasteiger partial charge is 0.251 e. The van der Waals surface area contributed by atoms with E-state index in [0.29, 0.717) is 0 Å². The van der Waals surface area contributed by atoms with Crippen molar-refractivity contribution in [3.05, 3.63) is 11.3 Å². The van der Waals surface area contributed by atoms with Crippen molar-refractivity contribution in [1.29, 1.82) is 0 Å². The molecular formula is C16H29NO2Si. The minimum absolute atomic E-state index is 0.106. The highest BCUT2D eigenvalue weighted by atomic mass is 28.3. The van der Waals surface area contributed by atoms with Crippen molar-refractivity contribution in [1.82, 2.24) is 4.90 Å². The third-order valence-electron chi connectivity index (χ3n) is 4.38. The molecule has 0 aromatic heterocycles. The van der Waals surface area contributed by atoms with Crippen LogP contribution in [0.2, 0.25) is 19.6 Å². The molecule has 2 rings (SSSR count). The summed E-state index contributed by atoms with van der Waals surface area (Å²) in [6.45, 7) is 8.42. The van der Waals surface area contributed by atoms with Gasteiger partial charge >= 0.3 is 0 Å². The van der Waals surface area contributed by atoms with Crippen molar-refractivity contribution in [3.63, 3.8) is 0 Å². The second-order valence-electron chi connectivity index (χ2n) is 7.52. The van der Waals surface area contributed by atoms with Gasteiger partial charge in [0.15, 0.2) is 0 Å². The molecule has 2 aliphatic rings. The van der Waals surface area contributed by atoms with E-state index in [2.05, 4.69) is 25.3 Å². The van der Waals surface area contributed by atoms with Gasteiger partial charge in [-0.05, 0) is 25.7 Å². The average molecular weight is 295 g/mol. The summed E-state index contributed by atoms with van der Waals surface area (Å²) in [7, 11) is -1.53. The van der Waals surface area contributed by atoms with Crippen LogP contribution >= 0.6 is 0 Å². The molecule has 1 aliphatic carbocycles. The molecule has 0 unspecified atom stereocenters. The van der Waals surface area contributed by atoms with E-state index in [9.17, 15) is 9.90 Å². The van der Waals surface area contributed by atoms with Gasteiger partial charge in [0.2, 0.25) is 0 Å². The van der Waals surface area contributed by atoms with Crippen LogP contribution in [0.15, 0.2) is 11.3 Å². The van der Waals surface area contributed by atoms with Gasteiger partial charge < -0.3 is 10.0 Å². The quantitative estimate of drug-likeness (QED) is 0.642. The van der Waals surface area contributed by atoms with Crippen LogP contribution in [0, 0.1) is 0 Å². The number of hydrogen-bond donors (Lipinski definition) is 1. The summed E-state index contributed by atoms with van der Waals surface area (Å²) in [5.41, 5.74) is 2.01. The summed E-state index contributed by atoms with van der Waals surface area (Å²) in [6.07, 6.45) is 6.96. The van der Waals surface area contributed by atoms with E-state index in [4.69, 9.17) is 0 Å². The van der Waals surface area contributed by atoms with Crippen molar-refractivity contribution in [2.45, 2.75) is 70.2 Å². The molecule has 1 amide bonds. The van der Waals surface area contributed by atoms with E-state index < -0.39 is 13.7 Å². The maximum Gasteiger partial charge on any atom is 0.251 e. The first-order chi connectivity index (χ1) is 9.32. The molecule has 0 spiro atoms. The highest BCUT2D eigenvalue weighted by Gasteiger charge is 2.39. The number of aliphatic hydroxyl groups is 1. The lowest BCUT2D eigenvalue weighted by Crippen LogP contribution is -2.43. The molecule has 1 saturated heterocycles. The van der Waals surface area contributed by atoms with Crippen LogP contribution in [-0.2, 0) is 4.79 Å². The fourth-order valence-electron chi connectivity index (χ4n) is 3.32. The Morgan fingerprint density at radius 1 is 1.05 bits per heavy atom. The first-order valence-corrected chi connectivity index (χ1v) is 11.6. The minimum Gasteiger partial charge on any atom is -0.385 e.